The number of carboxylic acids is 1. The highest BCUT2D eigenvalue weighted by atomic mass is 32.2. The fraction of sp³-hybridized carbons (Fsp3) is 0.750. The van der Waals surface area contributed by atoms with Crippen molar-refractivity contribution in [3.05, 3.63) is 0 Å². The van der Waals surface area contributed by atoms with Crippen molar-refractivity contribution < 1.29 is 14.1 Å². The van der Waals surface area contributed by atoms with Gasteiger partial charge in [0.1, 0.15) is 6.04 Å². The fourth-order valence-electron chi connectivity index (χ4n) is 0.414. The largest absolute Gasteiger partial charge is 0.480 e. The molecule has 0 aliphatic heterocycles. The van der Waals surface area contributed by atoms with Crippen LogP contribution in [0, 0.1) is 4.78 Å². The van der Waals surface area contributed by atoms with Crippen LogP contribution in [0.3, 0.4) is 0 Å². The Labute approximate surface area is 59.2 Å². The molecule has 0 rings (SSSR count). The van der Waals surface area contributed by atoms with E-state index in [-0.39, 0.29) is 5.75 Å². The third-order valence-corrected chi connectivity index (χ3v) is 1.81. The van der Waals surface area contributed by atoms with E-state index in [1.54, 1.807) is 0 Å². The second kappa shape index (κ2) is 2.98. The van der Waals surface area contributed by atoms with Gasteiger partial charge in [0.2, 0.25) is 0 Å². The topological polar surface area (TPSA) is 104 Å². The zero-order chi connectivity index (χ0) is 8.36. The zero-order valence-electron chi connectivity index (χ0n) is 5.53. The van der Waals surface area contributed by atoms with Gasteiger partial charge < -0.3 is 10.8 Å². The lowest BCUT2D eigenvalue weighted by Crippen LogP contribution is -2.36. The maximum absolute atomic E-state index is 10.6. The van der Waals surface area contributed by atoms with Crippen molar-refractivity contribution in [1.29, 1.82) is 4.78 Å². The standard InChI is InChI=1S/C4H10N2O3S/c1-10(6,9)2-3(5)4(7)8/h3,6H,2,5H2,1H3,(H,7,8)/t3-,10-/m0/s1. The monoisotopic (exact) mass is 166 g/mol. The molecule has 0 aliphatic rings. The first-order valence-electron chi connectivity index (χ1n) is 2.53. The van der Waals surface area contributed by atoms with Crippen molar-refractivity contribution in [3.8, 4) is 0 Å². The summed E-state index contributed by atoms with van der Waals surface area (Å²) in [4.78, 5) is 10.0. The van der Waals surface area contributed by atoms with Crippen LogP contribution in [0.2, 0.25) is 0 Å². The molecule has 0 saturated heterocycles. The van der Waals surface area contributed by atoms with Crippen molar-refractivity contribution in [2.24, 2.45) is 5.73 Å². The molecule has 0 aliphatic carbocycles. The summed E-state index contributed by atoms with van der Waals surface area (Å²) in [5.74, 6) is -1.51. The van der Waals surface area contributed by atoms with Gasteiger partial charge in [0.15, 0.2) is 0 Å². The third-order valence-electron chi connectivity index (χ3n) is 0.815. The van der Waals surface area contributed by atoms with Crippen LogP contribution in [0.1, 0.15) is 0 Å². The third kappa shape index (κ3) is 4.28. The molecule has 0 fully saturated rings. The summed E-state index contributed by atoms with van der Waals surface area (Å²) in [6.07, 6.45) is 1.16. The van der Waals surface area contributed by atoms with Crippen molar-refractivity contribution in [1.82, 2.24) is 0 Å². The molecule has 0 bridgehead atoms. The molecule has 4 N–H and O–H groups in total. The fourth-order valence-corrected chi connectivity index (χ4v) is 1.24. The first-order chi connectivity index (χ1) is 4.33. The van der Waals surface area contributed by atoms with Gasteiger partial charge >= 0.3 is 5.97 Å². The number of nitrogens with one attached hydrogen (secondary N) is 1. The Bertz CT molecular complexity index is 221. The molecular formula is C4H10N2O3S. The highest BCUT2D eigenvalue weighted by molar-refractivity contribution is 7.91. The van der Waals surface area contributed by atoms with Gasteiger partial charge in [-0.15, -0.1) is 0 Å². The number of carboxylic acid groups (broad SMARTS) is 1. The second-order valence-electron chi connectivity index (χ2n) is 2.12. The molecule has 0 amide bonds. The number of aliphatic carboxylic acids is 1. The van der Waals surface area contributed by atoms with E-state index in [0.717, 1.165) is 6.26 Å². The molecule has 60 valence electrons. The first-order valence-corrected chi connectivity index (χ1v) is 4.66. The minimum Gasteiger partial charge on any atom is -0.480 e. The van der Waals surface area contributed by atoms with Crippen LogP contribution < -0.4 is 5.73 Å². The normalized spacial score (nSPS) is 19.4. The SMILES string of the molecule is C[S@](=N)(=O)C[C@H](N)C(=O)O. The molecular weight excluding hydrogens is 156 g/mol. The van der Waals surface area contributed by atoms with Gasteiger partial charge in [0.05, 0.1) is 5.75 Å². The quantitative estimate of drug-likeness (QED) is 0.504. The Morgan fingerprint density at radius 1 is 1.90 bits per heavy atom. The minimum absolute atomic E-state index is 0.289. The lowest BCUT2D eigenvalue weighted by molar-refractivity contribution is -0.137. The Morgan fingerprint density at radius 3 is 2.40 bits per heavy atom. The molecule has 0 radical (unpaired) electrons. The number of nitrogens with two attached hydrogens (primary N) is 1. The summed E-state index contributed by atoms with van der Waals surface area (Å²) in [5, 5.41) is 8.21. The summed E-state index contributed by atoms with van der Waals surface area (Å²) in [6.45, 7) is 0. The zero-order valence-corrected chi connectivity index (χ0v) is 6.35. The Kier molecular flexibility index (Phi) is 2.79. The minimum atomic E-state index is -2.77. The number of hydrogen-bond donors (Lipinski definition) is 3. The Morgan fingerprint density at radius 2 is 2.30 bits per heavy atom. The van der Waals surface area contributed by atoms with E-state index in [1.165, 1.54) is 0 Å². The van der Waals surface area contributed by atoms with Crippen LogP contribution in [0.25, 0.3) is 0 Å². The van der Waals surface area contributed by atoms with Gasteiger partial charge in [0, 0.05) is 16.0 Å². The molecule has 10 heavy (non-hydrogen) atoms. The van der Waals surface area contributed by atoms with Gasteiger partial charge in [-0.1, -0.05) is 0 Å². The van der Waals surface area contributed by atoms with E-state index in [4.69, 9.17) is 15.6 Å². The van der Waals surface area contributed by atoms with Gasteiger partial charge in [-0.2, -0.15) is 0 Å². The predicted molar refractivity (Wildman–Crippen MR) is 37.3 cm³/mol. The van der Waals surface area contributed by atoms with Crippen LogP contribution >= 0.6 is 0 Å². The van der Waals surface area contributed by atoms with Crippen LogP contribution in [-0.4, -0.2) is 33.3 Å². The Balaban J connectivity index is 4.06. The average molecular weight is 166 g/mol. The van der Waals surface area contributed by atoms with Gasteiger partial charge in [-0.25, -0.2) is 0 Å². The molecule has 2 atom stereocenters. The highest BCUT2D eigenvalue weighted by Gasteiger charge is 2.14. The van der Waals surface area contributed by atoms with Crippen LogP contribution in [0.5, 0.6) is 0 Å². The van der Waals surface area contributed by atoms with E-state index in [1.807, 2.05) is 0 Å². The number of rotatable bonds is 3. The molecule has 0 saturated carbocycles. The van der Waals surface area contributed by atoms with E-state index < -0.39 is 21.7 Å². The predicted octanol–water partition coefficient (Wildman–Crippen LogP) is -0.925. The van der Waals surface area contributed by atoms with E-state index in [9.17, 15) is 9.00 Å². The molecule has 0 unspecified atom stereocenters. The van der Waals surface area contributed by atoms with Crippen LogP contribution in [0.4, 0.5) is 0 Å². The summed E-state index contributed by atoms with van der Waals surface area (Å²) in [7, 11) is -2.77. The first kappa shape index (κ1) is 9.38. The molecule has 5 nitrogen and oxygen atoms in total. The van der Waals surface area contributed by atoms with Crippen LogP contribution in [-0.2, 0) is 14.5 Å². The molecule has 0 aromatic carbocycles. The molecule has 0 aromatic heterocycles. The smallest absolute Gasteiger partial charge is 0.321 e. The van der Waals surface area contributed by atoms with E-state index in [0.29, 0.717) is 0 Å². The summed E-state index contributed by atoms with van der Waals surface area (Å²) in [6, 6.07) is -1.19. The van der Waals surface area contributed by atoms with E-state index in [2.05, 4.69) is 0 Å². The molecule has 0 spiro atoms. The molecule has 0 aromatic rings. The molecule has 6 heteroatoms. The van der Waals surface area contributed by atoms with Crippen molar-refractivity contribution in [2.75, 3.05) is 12.0 Å². The lowest BCUT2D eigenvalue weighted by Gasteiger charge is -2.04. The van der Waals surface area contributed by atoms with E-state index >= 15 is 0 Å². The lowest BCUT2D eigenvalue weighted by atomic mass is 10.4. The molecule has 0 heterocycles. The summed E-state index contributed by atoms with van der Waals surface area (Å²) in [5.41, 5.74) is 5.00. The van der Waals surface area contributed by atoms with Crippen LogP contribution in [0.15, 0.2) is 0 Å². The number of carbonyl (C=O) groups is 1. The number of hydrogen-bond acceptors (Lipinski definition) is 4. The van der Waals surface area contributed by atoms with Crippen molar-refractivity contribution in [2.45, 2.75) is 6.04 Å². The maximum Gasteiger partial charge on any atom is 0.321 e. The maximum atomic E-state index is 10.6. The summed E-state index contributed by atoms with van der Waals surface area (Å²) < 4.78 is 17.5. The van der Waals surface area contributed by atoms with Crippen molar-refractivity contribution in [3.63, 3.8) is 0 Å². The second-order valence-corrected chi connectivity index (χ2v) is 4.46. The van der Waals surface area contributed by atoms with Gasteiger partial charge in [-0.3, -0.25) is 13.8 Å². The van der Waals surface area contributed by atoms with Crippen molar-refractivity contribution >= 4 is 15.7 Å². The van der Waals surface area contributed by atoms with Gasteiger partial charge in [0.25, 0.3) is 0 Å². The summed E-state index contributed by atoms with van der Waals surface area (Å²) >= 11 is 0. The van der Waals surface area contributed by atoms with Gasteiger partial charge in [-0.05, 0) is 0 Å². The Hall–Kier alpha value is -0.620. The highest BCUT2D eigenvalue weighted by Crippen LogP contribution is 1.88. The average Bonchev–Trinajstić information content (AvgIpc) is 1.60.